The number of halogens is 2. The fourth-order valence-electron chi connectivity index (χ4n) is 1.12. The van der Waals surface area contributed by atoms with Crippen LogP contribution in [0.25, 0.3) is 0 Å². The highest BCUT2D eigenvalue weighted by molar-refractivity contribution is 9.10. The van der Waals surface area contributed by atoms with Gasteiger partial charge in [0.25, 0.3) is 0 Å². The largest absolute Gasteiger partial charge is 0.386 e. The minimum atomic E-state index is -0.714. The molecule has 0 amide bonds. The Morgan fingerprint density at radius 1 is 1.50 bits per heavy atom. The number of rotatable bonds is 2. The molecule has 3 N–H and O–H groups in total. The fourth-order valence-corrected chi connectivity index (χ4v) is 2.02. The highest BCUT2D eigenvalue weighted by Gasteiger charge is 2.25. The Balaban J connectivity index is 3.08. The summed E-state index contributed by atoms with van der Waals surface area (Å²) in [7, 11) is 0. The van der Waals surface area contributed by atoms with E-state index in [9.17, 15) is 5.11 Å². The Morgan fingerprint density at radius 3 is 2.50 bits per heavy atom. The first-order chi connectivity index (χ1) is 6.32. The Kier molecular flexibility index (Phi) is 3.58. The van der Waals surface area contributed by atoms with Gasteiger partial charge in [-0.2, -0.15) is 0 Å². The van der Waals surface area contributed by atoms with E-state index >= 15 is 0 Å². The molecule has 1 rings (SSSR count). The highest BCUT2D eigenvalue weighted by Crippen LogP contribution is 2.31. The molecule has 0 saturated heterocycles. The van der Waals surface area contributed by atoms with E-state index in [1.165, 1.54) is 0 Å². The van der Waals surface area contributed by atoms with E-state index in [4.69, 9.17) is 17.3 Å². The van der Waals surface area contributed by atoms with Crippen molar-refractivity contribution in [3.63, 3.8) is 0 Å². The van der Waals surface area contributed by atoms with Crippen LogP contribution in [0.5, 0.6) is 0 Å². The zero-order valence-corrected chi connectivity index (χ0v) is 10.4. The molecule has 0 radical (unpaired) electrons. The van der Waals surface area contributed by atoms with Gasteiger partial charge in [0.05, 0.1) is 6.10 Å². The predicted molar refractivity (Wildman–Crippen MR) is 62.4 cm³/mol. The average molecular weight is 279 g/mol. The summed E-state index contributed by atoms with van der Waals surface area (Å²) < 4.78 is 0.774. The lowest BCUT2D eigenvalue weighted by Crippen LogP contribution is -2.39. The number of hydrogen-bond acceptors (Lipinski definition) is 2. The summed E-state index contributed by atoms with van der Waals surface area (Å²) in [5, 5.41) is 10.6. The molecule has 1 atom stereocenters. The maximum atomic E-state index is 9.93. The minimum absolute atomic E-state index is 0.627. The van der Waals surface area contributed by atoms with Crippen LogP contribution in [0.4, 0.5) is 0 Å². The molecule has 78 valence electrons. The molecule has 0 heterocycles. The van der Waals surface area contributed by atoms with Crippen LogP contribution in [0.2, 0.25) is 5.02 Å². The predicted octanol–water partition coefficient (Wildman–Crippen LogP) is 2.87. The lowest BCUT2D eigenvalue weighted by atomic mass is 9.92. The summed E-state index contributed by atoms with van der Waals surface area (Å²) in [5.41, 5.74) is 5.90. The van der Waals surface area contributed by atoms with Crippen LogP contribution in [0, 0.1) is 0 Å². The van der Waals surface area contributed by atoms with Crippen LogP contribution >= 0.6 is 27.5 Å². The molecule has 0 fully saturated rings. The van der Waals surface area contributed by atoms with Gasteiger partial charge in [0.2, 0.25) is 0 Å². The van der Waals surface area contributed by atoms with Crippen molar-refractivity contribution in [3.05, 3.63) is 33.3 Å². The Morgan fingerprint density at radius 2 is 2.07 bits per heavy atom. The monoisotopic (exact) mass is 277 g/mol. The first kappa shape index (κ1) is 12.0. The SMILES string of the molecule is CC(C)(N)C(O)c1ccc(Cl)cc1Br. The molecule has 0 aliphatic rings. The zero-order chi connectivity index (χ0) is 10.9. The number of nitrogens with two attached hydrogens (primary N) is 1. The van der Waals surface area contributed by atoms with Gasteiger partial charge in [0, 0.05) is 15.0 Å². The second-order valence-corrected chi connectivity index (χ2v) is 5.18. The van der Waals surface area contributed by atoms with Gasteiger partial charge in [0.1, 0.15) is 0 Å². The second-order valence-electron chi connectivity index (χ2n) is 3.89. The molecule has 1 aromatic rings. The van der Waals surface area contributed by atoms with Gasteiger partial charge < -0.3 is 10.8 Å². The molecule has 0 bridgehead atoms. The van der Waals surface area contributed by atoms with E-state index in [2.05, 4.69) is 15.9 Å². The molecule has 0 saturated carbocycles. The van der Waals surface area contributed by atoms with Crippen LogP contribution in [0.1, 0.15) is 25.5 Å². The summed E-state index contributed by atoms with van der Waals surface area (Å²) in [6.45, 7) is 3.55. The van der Waals surface area contributed by atoms with Crippen LogP contribution in [0.15, 0.2) is 22.7 Å². The van der Waals surface area contributed by atoms with Crippen LogP contribution < -0.4 is 5.73 Å². The van der Waals surface area contributed by atoms with Gasteiger partial charge in [-0.3, -0.25) is 0 Å². The van der Waals surface area contributed by atoms with E-state index in [-0.39, 0.29) is 0 Å². The Labute approximate surface area is 97.2 Å². The molecule has 1 aromatic carbocycles. The summed E-state index contributed by atoms with van der Waals surface area (Å²) in [6, 6.07) is 5.24. The van der Waals surface area contributed by atoms with Gasteiger partial charge in [-0.05, 0) is 31.5 Å². The van der Waals surface area contributed by atoms with Gasteiger partial charge >= 0.3 is 0 Å². The molecule has 14 heavy (non-hydrogen) atoms. The van der Waals surface area contributed by atoms with Crippen molar-refractivity contribution >= 4 is 27.5 Å². The summed E-state index contributed by atoms with van der Waals surface area (Å²) >= 11 is 9.13. The van der Waals surface area contributed by atoms with Gasteiger partial charge in [-0.25, -0.2) is 0 Å². The number of benzene rings is 1. The van der Waals surface area contributed by atoms with Crippen molar-refractivity contribution in [2.75, 3.05) is 0 Å². The van der Waals surface area contributed by atoms with E-state index in [0.717, 1.165) is 10.0 Å². The maximum Gasteiger partial charge on any atom is 0.0974 e. The Hall–Kier alpha value is -0.0900. The van der Waals surface area contributed by atoms with Crippen molar-refractivity contribution in [1.82, 2.24) is 0 Å². The minimum Gasteiger partial charge on any atom is -0.386 e. The van der Waals surface area contributed by atoms with Gasteiger partial charge in [-0.1, -0.05) is 33.6 Å². The summed E-state index contributed by atoms with van der Waals surface area (Å²) in [5.74, 6) is 0. The van der Waals surface area contributed by atoms with Crippen molar-refractivity contribution in [3.8, 4) is 0 Å². The number of aliphatic hydroxyl groups is 1. The van der Waals surface area contributed by atoms with E-state index in [1.54, 1.807) is 32.0 Å². The van der Waals surface area contributed by atoms with Crippen LogP contribution in [0.3, 0.4) is 0 Å². The second kappa shape index (κ2) is 4.19. The van der Waals surface area contributed by atoms with Crippen molar-refractivity contribution in [1.29, 1.82) is 0 Å². The number of hydrogen-bond donors (Lipinski definition) is 2. The van der Waals surface area contributed by atoms with E-state index < -0.39 is 11.6 Å². The smallest absolute Gasteiger partial charge is 0.0974 e. The molecule has 0 aromatic heterocycles. The zero-order valence-electron chi connectivity index (χ0n) is 8.09. The molecular weight excluding hydrogens is 265 g/mol. The summed E-state index contributed by atoms with van der Waals surface area (Å²) in [4.78, 5) is 0. The standard InChI is InChI=1S/C10H13BrClNO/c1-10(2,13)9(14)7-4-3-6(12)5-8(7)11/h3-5,9,14H,13H2,1-2H3. The first-order valence-corrected chi connectivity index (χ1v) is 5.41. The van der Waals surface area contributed by atoms with Crippen molar-refractivity contribution in [2.24, 2.45) is 5.73 Å². The molecular formula is C10H13BrClNO. The lowest BCUT2D eigenvalue weighted by Gasteiger charge is -2.26. The normalized spacial score (nSPS) is 14.1. The maximum absolute atomic E-state index is 9.93. The van der Waals surface area contributed by atoms with Crippen molar-refractivity contribution < 1.29 is 5.11 Å². The van der Waals surface area contributed by atoms with Crippen LogP contribution in [-0.4, -0.2) is 10.6 Å². The third kappa shape index (κ3) is 2.70. The first-order valence-electron chi connectivity index (χ1n) is 4.24. The molecule has 0 spiro atoms. The third-order valence-electron chi connectivity index (χ3n) is 1.96. The average Bonchev–Trinajstić information content (AvgIpc) is 2.01. The van der Waals surface area contributed by atoms with E-state index in [0.29, 0.717) is 5.02 Å². The topological polar surface area (TPSA) is 46.2 Å². The van der Waals surface area contributed by atoms with E-state index in [1.807, 2.05) is 0 Å². The molecule has 4 heteroatoms. The molecule has 0 aliphatic heterocycles. The third-order valence-corrected chi connectivity index (χ3v) is 2.88. The van der Waals surface area contributed by atoms with Crippen molar-refractivity contribution in [2.45, 2.75) is 25.5 Å². The highest BCUT2D eigenvalue weighted by atomic mass is 79.9. The van der Waals surface area contributed by atoms with Gasteiger partial charge in [-0.15, -0.1) is 0 Å². The molecule has 1 unspecified atom stereocenters. The quantitative estimate of drug-likeness (QED) is 0.874. The van der Waals surface area contributed by atoms with Crippen LogP contribution in [-0.2, 0) is 0 Å². The lowest BCUT2D eigenvalue weighted by molar-refractivity contribution is 0.104. The number of aliphatic hydroxyl groups excluding tert-OH is 1. The van der Waals surface area contributed by atoms with Gasteiger partial charge in [0.15, 0.2) is 0 Å². The summed E-state index contributed by atoms with van der Waals surface area (Å²) in [6.07, 6.45) is -0.714. The Bertz CT molecular complexity index is 335. The molecule has 0 aliphatic carbocycles. The fraction of sp³-hybridized carbons (Fsp3) is 0.400. The molecule has 2 nitrogen and oxygen atoms in total.